The minimum Gasteiger partial charge on any atom is -0.469 e. The number of hydrogen-bond acceptors (Lipinski definition) is 3. The van der Waals surface area contributed by atoms with Gasteiger partial charge in [-0.1, -0.05) is 26.7 Å². The zero-order valence-electron chi connectivity index (χ0n) is 10.8. The molecule has 94 valence electrons. The molecule has 3 nitrogen and oxygen atoms in total. The second-order valence-corrected chi connectivity index (χ2v) is 5.16. The first-order chi connectivity index (χ1) is 7.62. The van der Waals surface area contributed by atoms with Crippen molar-refractivity contribution in [3.8, 4) is 0 Å². The van der Waals surface area contributed by atoms with Crippen LogP contribution < -0.4 is 5.32 Å². The number of nitrogens with one attached hydrogen (secondary N) is 1. The molecule has 0 amide bonds. The maximum absolute atomic E-state index is 11.5. The van der Waals surface area contributed by atoms with Crippen LogP contribution in [-0.4, -0.2) is 25.2 Å². The molecule has 0 saturated heterocycles. The minimum atomic E-state index is -0.0855. The van der Waals surface area contributed by atoms with E-state index >= 15 is 0 Å². The molecule has 0 aromatic heterocycles. The Balaban J connectivity index is 2.62. The van der Waals surface area contributed by atoms with Crippen LogP contribution in [0.25, 0.3) is 0 Å². The molecule has 0 heterocycles. The summed E-state index contributed by atoms with van der Waals surface area (Å²) < 4.78 is 4.81. The first-order valence-corrected chi connectivity index (χ1v) is 6.44. The molecule has 1 saturated carbocycles. The Morgan fingerprint density at radius 3 is 2.88 bits per heavy atom. The number of methoxy groups -OCH3 is 1. The monoisotopic (exact) mass is 227 g/mol. The van der Waals surface area contributed by atoms with E-state index in [-0.39, 0.29) is 11.5 Å². The maximum atomic E-state index is 11.5. The molecule has 0 aromatic carbocycles. The number of hydrogen-bond donors (Lipinski definition) is 1. The quantitative estimate of drug-likeness (QED) is 0.733. The fraction of sp³-hybridized carbons (Fsp3) is 0.923. The topological polar surface area (TPSA) is 38.3 Å². The highest BCUT2D eigenvalue weighted by Gasteiger charge is 2.36. The van der Waals surface area contributed by atoms with Gasteiger partial charge in [0.05, 0.1) is 13.5 Å². The van der Waals surface area contributed by atoms with Crippen LogP contribution in [0.2, 0.25) is 0 Å². The smallest absolute Gasteiger partial charge is 0.307 e. The highest BCUT2D eigenvalue weighted by molar-refractivity contribution is 5.70. The summed E-state index contributed by atoms with van der Waals surface area (Å²) >= 11 is 0. The molecular formula is C13H25NO2. The number of rotatable bonds is 5. The highest BCUT2D eigenvalue weighted by atomic mass is 16.5. The lowest BCUT2D eigenvalue weighted by Gasteiger charge is -2.40. The molecule has 1 fully saturated rings. The van der Waals surface area contributed by atoms with Gasteiger partial charge in [-0.3, -0.25) is 4.79 Å². The normalized spacial score (nSPS) is 30.1. The number of esters is 1. The third kappa shape index (κ3) is 3.78. The van der Waals surface area contributed by atoms with Gasteiger partial charge in [0.1, 0.15) is 0 Å². The lowest BCUT2D eigenvalue weighted by Crippen LogP contribution is -2.50. The summed E-state index contributed by atoms with van der Waals surface area (Å²) in [5.41, 5.74) is 0.000764. The van der Waals surface area contributed by atoms with Gasteiger partial charge in [-0.25, -0.2) is 0 Å². The van der Waals surface area contributed by atoms with Gasteiger partial charge in [-0.2, -0.15) is 0 Å². The molecule has 1 aliphatic carbocycles. The largest absolute Gasteiger partial charge is 0.469 e. The molecule has 1 N–H and O–H groups in total. The molecule has 2 unspecified atom stereocenters. The Bertz CT molecular complexity index is 230. The molecule has 16 heavy (non-hydrogen) atoms. The lowest BCUT2D eigenvalue weighted by molar-refractivity contribution is -0.143. The average molecular weight is 227 g/mol. The van der Waals surface area contributed by atoms with E-state index in [0.717, 1.165) is 25.8 Å². The summed E-state index contributed by atoms with van der Waals surface area (Å²) in [6.07, 6.45) is 6.34. The molecule has 1 aliphatic rings. The van der Waals surface area contributed by atoms with Crippen molar-refractivity contribution in [2.45, 2.75) is 57.9 Å². The lowest BCUT2D eigenvalue weighted by atomic mass is 9.74. The number of ether oxygens (including phenoxy) is 1. The third-order valence-corrected chi connectivity index (χ3v) is 3.55. The van der Waals surface area contributed by atoms with Crippen molar-refractivity contribution in [1.29, 1.82) is 0 Å². The summed E-state index contributed by atoms with van der Waals surface area (Å²) in [5, 5.41) is 3.58. The highest BCUT2D eigenvalue weighted by Crippen LogP contribution is 2.34. The van der Waals surface area contributed by atoms with Gasteiger partial charge in [-0.15, -0.1) is 0 Å². The molecule has 0 aliphatic heterocycles. The van der Waals surface area contributed by atoms with Crippen LogP contribution in [0.3, 0.4) is 0 Å². The zero-order valence-corrected chi connectivity index (χ0v) is 10.8. The van der Waals surface area contributed by atoms with Gasteiger partial charge in [0.15, 0.2) is 0 Å². The Labute approximate surface area is 98.9 Å². The van der Waals surface area contributed by atoms with E-state index in [4.69, 9.17) is 4.74 Å². The van der Waals surface area contributed by atoms with E-state index in [9.17, 15) is 4.79 Å². The van der Waals surface area contributed by atoms with E-state index in [2.05, 4.69) is 19.2 Å². The first-order valence-electron chi connectivity index (χ1n) is 6.44. The van der Waals surface area contributed by atoms with E-state index in [0.29, 0.717) is 12.3 Å². The van der Waals surface area contributed by atoms with Gasteiger partial charge in [0.2, 0.25) is 0 Å². The molecule has 0 aromatic rings. The SMILES string of the molecule is CCCNC1(CC(=O)OC)CCCC(C)C1. The van der Waals surface area contributed by atoms with Crippen molar-refractivity contribution in [3.63, 3.8) is 0 Å². The fourth-order valence-electron chi connectivity index (χ4n) is 2.78. The molecular weight excluding hydrogens is 202 g/mol. The van der Waals surface area contributed by atoms with Crippen LogP contribution in [0.15, 0.2) is 0 Å². The summed E-state index contributed by atoms with van der Waals surface area (Å²) in [6, 6.07) is 0. The molecule has 0 bridgehead atoms. The van der Waals surface area contributed by atoms with Crippen molar-refractivity contribution < 1.29 is 9.53 Å². The van der Waals surface area contributed by atoms with E-state index in [1.165, 1.54) is 20.0 Å². The van der Waals surface area contributed by atoms with Gasteiger partial charge in [0.25, 0.3) is 0 Å². The molecule has 0 spiro atoms. The predicted octanol–water partition coefficient (Wildman–Crippen LogP) is 2.50. The van der Waals surface area contributed by atoms with Crippen LogP contribution in [0.5, 0.6) is 0 Å². The first kappa shape index (κ1) is 13.5. The number of carbonyl (C=O) groups is 1. The summed E-state index contributed by atoms with van der Waals surface area (Å²) in [7, 11) is 1.47. The van der Waals surface area contributed by atoms with Gasteiger partial charge < -0.3 is 10.1 Å². The van der Waals surface area contributed by atoms with E-state index in [1.54, 1.807) is 0 Å². The summed E-state index contributed by atoms with van der Waals surface area (Å²) in [5.74, 6) is 0.625. The average Bonchev–Trinajstić information content (AvgIpc) is 2.26. The Morgan fingerprint density at radius 2 is 2.31 bits per heavy atom. The van der Waals surface area contributed by atoms with Crippen molar-refractivity contribution in [1.82, 2.24) is 5.32 Å². The molecule has 1 rings (SSSR count). The van der Waals surface area contributed by atoms with Gasteiger partial charge in [-0.05, 0) is 31.7 Å². The van der Waals surface area contributed by atoms with Crippen LogP contribution in [0.1, 0.15) is 52.4 Å². The molecule has 2 atom stereocenters. The maximum Gasteiger partial charge on any atom is 0.307 e. The van der Waals surface area contributed by atoms with Crippen LogP contribution in [0.4, 0.5) is 0 Å². The van der Waals surface area contributed by atoms with Crippen molar-refractivity contribution >= 4 is 5.97 Å². The number of carbonyl (C=O) groups excluding carboxylic acids is 1. The van der Waals surface area contributed by atoms with Gasteiger partial charge >= 0.3 is 5.97 Å². The second kappa shape index (κ2) is 6.24. The molecule has 0 radical (unpaired) electrons. The summed E-state index contributed by atoms with van der Waals surface area (Å²) in [6.45, 7) is 5.42. The van der Waals surface area contributed by atoms with E-state index < -0.39 is 0 Å². The Morgan fingerprint density at radius 1 is 1.56 bits per heavy atom. The van der Waals surface area contributed by atoms with Crippen molar-refractivity contribution in [2.24, 2.45) is 5.92 Å². The van der Waals surface area contributed by atoms with E-state index in [1.807, 2.05) is 0 Å². The predicted molar refractivity (Wildman–Crippen MR) is 65.3 cm³/mol. The fourth-order valence-corrected chi connectivity index (χ4v) is 2.78. The van der Waals surface area contributed by atoms with Crippen molar-refractivity contribution in [3.05, 3.63) is 0 Å². The minimum absolute atomic E-state index is 0.000764. The van der Waals surface area contributed by atoms with Gasteiger partial charge in [0, 0.05) is 5.54 Å². The standard InChI is InChI=1S/C13H25NO2/c1-4-8-14-13(10-12(15)16-3)7-5-6-11(2)9-13/h11,14H,4-10H2,1-3H3. The Kier molecular flexibility index (Phi) is 5.26. The van der Waals surface area contributed by atoms with Crippen molar-refractivity contribution in [2.75, 3.05) is 13.7 Å². The van der Waals surface area contributed by atoms with Crippen LogP contribution >= 0.6 is 0 Å². The third-order valence-electron chi connectivity index (χ3n) is 3.55. The van der Waals surface area contributed by atoms with Crippen LogP contribution in [-0.2, 0) is 9.53 Å². The second-order valence-electron chi connectivity index (χ2n) is 5.16. The van der Waals surface area contributed by atoms with Crippen LogP contribution in [0, 0.1) is 5.92 Å². The Hall–Kier alpha value is -0.570. The summed E-state index contributed by atoms with van der Waals surface area (Å²) in [4.78, 5) is 11.5. The zero-order chi connectivity index (χ0) is 12.0. The molecule has 3 heteroatoms.